The lowest BCUT2D eigenvalue weighted by atomic mass is 9.82. The molecule has 2 rings (SSSR count). The van der Waals surface area contributed by atoms with Gasteiger partial charge >= 0.3 is 0 Å². The summed E-state index contributed by atoms with van der Waals surface area (Å²) in [5.74, 6) is 1.01. The van der Waals surface area contributed by atoms with Crippen LogP contribution in [0.1, 0.15) is 46.5 Å². The van der Waals surface area contributed by atoms with Crippen molar-refractivity contribution < 1.29 is 9.59 Å². The number of amides is 2. The molecule has 1 saturated heterocycles. The second kappa shape index (κ2) is 5.29. The first-order valence-electron chi connectivity index (χ1n) is 7.11. The molecular formula is C14H24N2O2. The smallest absolute Gasteiger partial charge is 0.246 e. The van der Waals surface area contributed by atoms with Gasteiger partial charge in [0.05, 0.1) is 0 Å². The number of piperazine rings is 1. The lowest BCUT2D eigenvalue weighted by Gasteiger charge is -2.40. The van der Waals surface area contributed by atoms with Gasteiger partial charge in [0.25, 0.3) is 0 Å². The molecule has 0 aromatic carbocycles. The van der Waals surface area contributed by atoms with Crippen LogP contribution in [0.2, 0.25) is 0 Å². The van der Waals surface area contributed by atoms with Gasteiger partial charge < -0.3 is 10.2 Å². The van der Waals surface area contributed by atoms with Gasteiger partial charge in [-0.2, -0.15) is 0 Å². The summed E-state index contributed by atoms with van der Waals surface area (Å²) in [6, 6.07) is -0.650. The number of nitrogens with one attached hydrogen (secondary N) is 1. The highest BCUT2D eigenvalue weighted by atomic mass is 16.2. The van der Waals surface area contributed by atoms with Gasteiger partial charge in [0.15, 0.2) is 0 Å². The highest BCUT2D eigenvalue weighted by Crippen LogP contribution is 2.30. The second-order valence-electron chi connectivity index (χ2n) is 6.02. The van der Waals surface area contributed by atoms with Gasteiger partial charge in [-0.25, -0.2) is 0 Å². The highest BCUT2D eigenvalue weighted by molar-refractivity contribution is 5.96. The first-order valence-corrected chi connectivity index (χ1v) is 7.11. The van der Waals surface area contributed by atoms with Crippen molar-refractivity contribution >= 4 is 11.8 Å². The van der Waals surface area contributed by atoms with Crippen LogP contribution in [-0.4, -0.2) is 35.3 Å². The molecule has 0 aromatic rings. The summed E-state index contributed by atoms with van der Waals surface area (Å²) in [5.41, 5.74) is 0. The minimum Gasteiger partial charge on any atom is -0.342 e. The Bertz CT molecular complexity index is 337. The third-order valence-electron chi connectivity index (χ3n) is 4.36. The van der Waals surface area contributed by atoms with Gasteiger partial charge in [0, 0.05) is 6.54 Å². The van der Waals surface area contributed by atoms with Crippen LogP contribution in [-0.2, 0) is 9.59 Å². The predicted molar refractivity (Wildman–Crippen MR) is 69.9 cm³/mol. The van der Waals surface area contributed by atoms with E-state index in [1.807, 2.05) is 20.8 Å². The average molecular weight is 252 g/mol. The van der Waals surface area contributed by atoms with E-state index in [0.717, 1.165) is 18.9 Å². The van der Waals surface area contributed by atoms with Crippen molar-refractivity contribution in [3.8, 4) is 0 Å². The molecule has 102 valence electrons. The van der Waals surface area contributed by atoms with Gasteiger partial charge in [-0.15, -0.1) is 0 Å². The Kier molecular flexibility index (Phi) is 3.93. The Morgan fingerprint density at radius 3 is 2.50 bits per heavy atom. The van der Waals surface area contributed by atoms with E-state index in [2.05, 4.69) is 5.32 Å². The first-order chi connectivity index (χ1) is 8.50. The van der Waals surface area contributed by atoms with E-state index in [-0.39, 0.29) is 29.8 Å². The zero-order valence-corrected chi connectivity index (χ0v) is 11.6. The molecule has 2 fully saturated rings. The van der Waals surface area contributed by atoms with Crippen LogP contribution in [0.25, 0.3) is 0 Å². The van der Waals surface area contributed by atoms with E-state index in [0.29, 0.717) is 0 Å². The van der Waals surface area contributed by atoms with Crippen molar-refractivity contribution in [2.75, 3.05) is 6.54 Å². The molecular weight excluding hydrogens is 228 g/mol. The van der Waals surface area contributed by atoms with Crippen LogP contribution in [0.3, 0.4) is 0 Å². The van der Waals surface area contributed by atoms with E-state index in [1.165, 1.54) is 19.3 Å². The molecule has 4 nitrogen and oxygen atoms in total. The van der Waals surface area contributed by atoms with E-state index < -0.39 is 0 Å². The van der Waals surface area contributed by atoms with Crippen LogP contribution < -0.4 is 5.32 Å². The van der Waals surface area contributed by atoms with Crippen LogP contribution in [0.15, 0.2) is 0 Å². The fourth-order valence-corrected chi connectivity index (χ4v) is 2.71. The van der Waals surface area contributed by atoms with Crippen LogP contribution in [0, 0.1) is 11.8 Å². The van der Waals surface area contributed by atoms with E-state index in [4.69, 9.17) is 0 Å². The lowest BCUT2D eigenvalue weighted by Crippen LogP contribution is -2.64. The fraction of sp³-hybridized carbons (Fsp3) is 0.857. The fourth-order valence-electron chi connectivity index (χ4n) is 2.71. The summed E-state index contributed by atoms with van der Waals surface area (Å²) in [7, 11) is 0. The second-order valence-corrected chi connectivity index (χ2v) is 6.02. The normalized spacial score (nSPS) is 29.4. The third kappa shape index (κ3) is 2.52. The molecule has 2 aliphatic rings. The average Bonchev–Trinajstić information content (AvgIpc) is 2.25. The van der Waals surface area contributed by atoms with Crippen LogP contribution in [0.4, 0.5) is 0 Å². The van der Waals surface area contributed by atoms with Crippen LogP contribution in [0.5, 0.6) is 0 Å². The van der Waals surface area contributed by atoms with Crippen molar-refractivity contribution in [3.63, 3.8) is 0 Å². The summed E-state index contributed by atoms with van der Waals surface area (Å²) in [5, 5.41) is 2.83. The van der Waals surface area contributed by atoms with Crippen molar-refractivity contribution in [1.82, 2.24) is 10.2 Å². The molecule has 0 spiro atoms. The van der Waals surface area contributed by atoms with Crippen molar-refractivity contribution in [2.24, 2.45) is 11.8 Å². The minimum absolute atomic E-state index is 0.0121. The summed E-state index contributed by atoms with van der Waals surface area (Å²) in [6.07, 6.45) is 4.95. The van der Waals surface area contributed by atoms with Crippen LogP contribution >= 0.6 is 0 Å². The van der Waals surface area contributed by atoms with Crippen molar-refractivity contribution in [2.45, 2.75) is 58.5 Å². The Balaban J connectivity index is 1.99. The number of hydrogen-bond acceptors (Lipinski definition) is 2. The quantitative estimate of drug-likeness (QED) is 0.825. The minimum atomic E-state index is -0.338. The zero-order valence-electron chi connectivity index (χ0n) is 11.6. The Morgan fingerprint density at radius 2 is 2.00 bits per heavy atom. The van der Waals surface area contributed by atoms with Gasteiger partial charge in [0.1, 0.15) is 12.1 Å². The predicted octanol–water partition coefficient (Wildman–Crippen LogP) is 1.55. The molecule has 2 amide bonds. The van der Waals surface area contributed by atoms with Gasteiger partial charge in [-0.1, -0.05) is 33.1 Å². The highest BCUT2D eigenvalue weighted by Gasteiger charge is 2.39. The Hall–Kier alpha value is -1.06. The number of hydrogen-bond donors (Lipinski definition) is 1. The maximum atomic E-state index is 12.4. The summed E-state index contributed by atoms with van der Waals surface area (Å²) in [6.45, 7) is 6.51. The maximum absolute atomic E-state index is 12.4. The molecule has 4 heteroatoms. The Labute approximate surface area is 109 Å². The largest absolute Gasteiger partial charge is 0.342 e. The Morgan fingerprint density at radius 1 is 1.33 bits per heavy atom. The monoisotopic (exact) mass is 252 g/mol. The first kappa shape index (κ1) is 13.4. The molecule has 1 N–H and O–H groups in total. The number of carbonyl (C=O) groups excluding carboxylic acids is 2. The molecule has 1 aliphatic carbocycles. The molecule has 1 heterocycles. The molecule has 0 radical (unpaired) electrons. The number of carbonyl (C=O) groups is 2. The summed E-state index contributed by atoms with van der Waals surface area (Å²) < 4.78 is 0. The maximum Gasteiger partial charge on any atom is 0.246 e. The topological polar surface area (TPSA) is 49.4 Å². The third-order valence-corrected chi connectivity index (χ3v) is 4.36. The van der Waals surface area contributed by atoms with Gasteiger partial charge in [-0.3, -0.25) is 9.59 Å². The van der Waals surface area contributed by atoms with E-state index in [1.54, 1.807) is 4.90 Å². The molecule has 1 aliphatic heterocycles. The zero-order chi connectivity index (χ0) is 13.3. The summed E-state index contributed by atoms with van der Waals surface area (Å²) >= 11 is 0. The molecule has 0 bridgehead atoms. The van der Waals surface area contributed by atoms with Crippen molar-refractivity contribution in [1.29, 1.82) is 0 Å². The molecule has 18 heavy (non-hydrogen) atoms. The standard InChI is InChI=1S/C14H24N2O2/c1-9(2)12-14(18)16(10(3)13(17)15-12)8-7-11-5-4-6-11/h9-12H,4-8H2,1-3H3,(H,15,17). The molecule has 2 atom stereocenters. The number of rotatable bonds is 4. The lowest BCUT2D eigenvalue weighted by molar-refractivity contribution is -0.150. The van der Waals surface area contributed by atoms with Crippen molar-refractivity contribution in [3.05, 3.63) is 0 Å². The number of nitrogens with zero attached hydrogens (tertiary/aromatic N) is 1. The molecule has 2 unspecified atom stereocenters. The molecule has 0 aromatic heterocycles. The molecule has 1 saturated carbocycles. The SMILES string of the molecule is CC(C)C1NC(=O)C(C)N(CCC2CCC2)C1=O. The van der Waals surface area contributed by atoms with E-state index >= 15 is 0 Å². The van der Waals surface area contributed by atoms with Gasteiger partial charge in [0.2, 0.25) is 11.8 Å². The van der Waals surface area contributed by atoms with E-state index in [9.17, 15) is 9.59 Å². The van der Waals surface area contributed by atoms with Gasteiger partial charge in [-0.05, 0) is 25.2 Å². The summed E-state index contributed by atoms with van der Waals surface area (Å²) in [4.78, 5) is 26.0.